The Morgan fingerprint density at radius 1 is 1.16 bits per heavy atom. The molecule has 1 aromatic carbocycles. The number of urea groups is 1. The van der Waals surface area contributed by atoms with E-state index in [9.17, 15) is 4.79 Å². The summed E-state index contributed by atoms with van der Waals surface area (Å²) >= 11 is 3.53. The molecule has 0 spiro atoms. The van der Waals surface area contributed by atoms with Crippen LogP contribution in [0.2, 0.25) is 0 Å². The topological polar surface area (TPSA) is 47.6 Å². The SMILES string of the molecule is O=C(NCCN1CCCCC1)NC[C@H]1CCN(c2cccc(Br)c2)C1. The summed E-state index contributed by atoms with van der Waals surface area (Å²) in [5.41, 5.74) is 1.25. The van der Waals surface area contributed by atoms with Crippen molar-refractivity contribution in [1.29, 1.82) is 0 Å². The Labute approximate surface area is 159 Å². The third kappa shape index (κ3) is 5.89. The molecular weight excluding hydrogens is 380 g/mol. The van der Waals surface area contributed by atoms with Crippen molar-refractivity contribution in [2.24, 2.45) is 5.92 Å². The molecule has 1 atom stereocenters. The molecule has 0 aromatic heterocycles. The van der Waals surface area contributed by atoms with Crippen LogP contribution >= 0.6 is 15.9 Å². The van der Waals surface area contributed by atoms with Crippen molar-refractivity contribution in [2.75, 3.05) is 50.7 Å². The van der Waals surface area contributed by atoms with Crippen LogP contribution in [0.25, 0.3) is 0 Å². The van der Waals surface area contributed by atoms with Crippen LogP contribution in [0.15, 0.2) is 28.7 Å². The van der Waals surface area contributed by atoms with E-state index in [1.807, 2.05) is 6.07 Å². The Balaban J connectivity index is 1.31. The van der Waals surface area contributed by atoms with Gasteiger partial charge >= 0.3 is 6.03 Å². The van der Waals surface area contributed by atoms with Gasteiger partial charge in [0, 0.05) is 42.9 Å². The third-order valence-corrected chi connectivity index (χ3v) is 5.67. The lowest BCUT2D eigenvalue weighted by atomic mass is 10.1. The van der Waals surface area contributed by atoms with E-state index in [2.05, 4.69) is 54.6 Å². The molecule has 25 heavy (non-hydrogen) atoms. The minimum atomic E-state index is -0.0297. The van der Waals surface area contributed by atoms with E-state index < -0.39 is 0 Å². The largest absolute Gasteiger partial charge is 0.371 e. The summed E-state index contributed by atoms with van der Waals surface area (Å²) in [4.78, 5) is 16.8. The van der Waals surface area contributed by atoms with Crippen molar-refractivity contribution in [1.82, 2.24) is 15.5 Å². The van der Waals surface area contributed by atoms with Gasteiger partial charge in [0.2, 0.25) is 0 Å². The Morgan fingerprint density at radius 3 is 2.80 bits per heavy atom. The Bertz CT molecular complexity index is 562. The number of anilines is 1. The Kier molecular flexibility index (Phi) is 6.99. The number of hydrogen-bond donors (Lipinski definition) is 2. The van der Waals surface area contributed by atoms with Gasteiger partial charge in [-0.3, -0.25) is 0 Å². The first kappa shape index (κ1) is 18.5. The van der Waals surface area contributed by atoms with Gasteiger partial charge in [-0.2, -0.15) is 0 Å². The third-order valence-electron chi connectivity index (χ3n) is 5.17. The van der Waals surface area contributed by atoms with Gasteiger partial charge in [-0.05, 0) is 56.5 Å². The number of hydrogen-bond acceptors (Lipinski definition) is 3. The molecule has 2 fully saturated rings. The van der Waals surface area contributed by atoms with Crippen LogP contribution in [-0.4, -0.2) is 56.7 Å². The number of amides is 2. The summed E-state index contributed by atoms with van der Waals surface area (Å²) in [6, 6.07) is 8.39. The highest BCUT2D eigenvalue weighted by atomic mass is 79.9. The van der Waals surface area contributed by atoms with E-state index in [1.165, 1.54) is 38.0 Å². The molecule has 2 amide bonds. The fraction of sp³-hybridized carbons (Fsp3) is 0.632. The van der Waals surface area contributed by atoms with E-state index in [1.54, 1.807) is 0 Å². The summed E-state index contributed by atoms with van der Waals surface area (Å²) in [7, 11) is 0. The van der Waals surface area contributed by atoms with E-state index >= 15 is 0 Å². The number of carbonyl (C=O) groups is 1. The zero-order chi connectivity index (χ0) is 17.5. The predicted octanol–water partition coefficient (Wildman–Crippen LogP) is 3.06. The number of rotatable bonds is 6. The quantitative estimate of drug-likeness (QED) is 0.760. The molecule has 2 aliphatic heterocycles. The van der Waals surface area contributed by atoms with Gasteiger partial charge in [-0.15, -0.1) is 0 Å². The van der Waals surface area contributed by atoms with Crippen molar-refractivity contribution in [2.45, 2.75) is 25.7 Å². The van der Waals surface area contributed by atoms with Crippen LogP contribution in [0.5, 0.6) is 0 Å². The fourth-order valence-corrected chi connectivity index (χ4v) is 4.10. The number of halogens is 1. The Hall–Kier alpha value is -1.27. The highest BCUT2D eigenvalue weighted by Crippen LogP contribution is 2.25. The zero-order valence-corrected chi connectivity index (χ0v) is 16.4. The molecule has 0 unspecified atom stereocenters. The van der Waals surface area contributed by atoms with Gasteiger partial charge in [-0.1, -0.05) is 28.4 Å². The van der Waals surface area contributed by atoms with Crippen LogP contribution < -0.4 is 15.5 Å². The van der Waals surface area contributed by atoms with Gasteiger partial charge in [0.05, 0.1) is 0 Å². The lowest BCUT2D eigenvalue weighted by Gasteiger charge is -2.26. The number of benzene rings is 1. The van der Waals surface area contributed by atoms with E-state index in [-0.39, 0.29) is 6.03 Å². The number of piperidine rings is 1. The molecule has 2 heterocycles. The van der Waals surface area contributed by atoms with Crippen LogP contribution in [-0.2, 0) is 0 Å². The van der Waals surface area contributed by atoms with Gasteiger partial charge in [0.25, 0.3) is 0 Å². The maximum Gasteiger partial charge on any atom is 0.314 e. The molecule has 5 nitrogen and oxygen atoms in total. The first-order chi connectivity index (χ1) is 12.2. The monoisotopic (exact) mass is 408 g/mol. The van der Waals surface area contributed by atoms with E-state index in [0.717, 1.165) is 43.6 Å². The standard InChI is InChI=1S/C19H29BrN4O/c20-17-5-4-6-18(13-17)24-11-7-16(15-24)14-22-19(25)21-8-12-23-9-2-1-3-10-23/h4-6,13,16H,1-3,7-12,14-15H2,(H2,21,22,25)/t16-/m1/s1. The minimum absolute atomic E-state index is 0.0297. The predicted molar refractivity (Wildman–Crippen MR) is 106 cm³/mol. The lowest BCUT2D eigenvalue weighted by molar-refractivity contribution is 0.220. The number of carbonyl (C=O) groups excluding carboxylic acids is 1. The first-order valence-electron chi connectivity index (χ1n) is 9.45. The second-order valence-electron chi connectivity index (χ2n) is 7.12. The summed E-state index contributed by atoms with van der Waals surface area (Å²) in [5.74, 6) is 0.520. The maximum atomic E-state index is 12.0. The number of nitrogens with zero attached hydrogens (tertiary/aromatic N) is 2. The summed E-state index contributed by atoms with van der Waals surface area (Å²) < 4.78 is 1.11. The average molecular weight is 409 g/mol. The van der Waals surface area contributed by atoms with Crippen LogP contribution in [0, 0.1) is 5.92 Å². The van der Waals surface area contributed by atoms with Crippen molar-refractivity contribution in [3.05, 3.63) is 28.7 Å². The molecule has 0 radical (unpaired) electrons. The second kappa shape index (κ2) is 9.43. The average Bonchev–Trinajstić information content (AvgIpc) is 3.10. The van der Waals surface area contributed by atoms with Gasteiger partial charge < -0.3 is 20.4 Å². The molecule has 0 saturated carbocycles. The van der Waals surface area contributed by atoms with Crippen molar-refractivity contribution < 1.29 is 4.79 Å². The summed E-state index contributed by atoms with van der Waals surface area (Å²) in [6.07, 6.45) is 5.06. The molecule has 6 heteroatoms. The smallest absolute Gasteiger partial charge is 0.314 e. The highest BCUT2D eigenvalue weighted by Gasteiger charge is 2.23. The van der Waals surface area contributed by atoms with Crippen molar-refractivity contribution in [3.8, 4) is 0 Å². The van der Waals surface area contributed by atoms with E-state index in [4.69, 9.17) is 0 Å². The van der Waals surface area contributed by atoms with Crippen LogP contribution in [0.3, 0.4) is 0 Å². The number of likely N-dealkylation sites (tertiary alicyclic amines) is 1. The van der Waals surface area contributed by atoms with Gasteiger partial charge in [0.15, 0.2) is 0 Å². The molecule has 0 aliphatic carbocycles. The summed E-state index contributed by atoms with van der Waals surface area (Å²) in [5, 5.41) is 6.03. The first-order valence-corrected chi connectivity index (χ1v) is 10.2. The molecule has 0 bridgehead atoms. The Morgan fingerprint density at radius 2 is 2.00 bits per heavy atom. The molecule has 1 aromatic rings. The van der Waals surface area contributed by atoms with Crippen molar-refractivity contribution in [3.63, 3.8) is 0 Å². The molecule has 2 N–H and O–H groups in total. The normalized spacial score (nSPS) is 21.3. The maximum absolute atomic E-state index is 12.0. The fourth-order valence-electron chi connectivity index (χ4n) is 3.72. The number of nitrogens with one attached hydrogen (secondary N) is 2. The molecule has 3 rings (SSSR count). The lowest BCUT2D eigenvalue weighted by Crippen LogP contribution is -2.43. The highest BCUT2D eigenvalue weighted by molar-refractivity contribution is 9.10. The molecule has 2 saturated heterocycles. The van der Waals surface area contributed by atoms with Gasteiger partial charge in [0.1, 0.15) is 0 Å². The van der Waals surface area contributed by atoms with Crippen molar-refractivity contribution >= 4 is 27.6 Å². The zero-order valence-electron chi connectivity index (χ0n) is 14.8. The van der Waals surface area contributed by atoms with Gasteiger partial charge in [-0.25, -0.2) is 4.79 Å². The minimum Gasteiger partial charge on any atom is -0.371 e. The molecule has 138 valence electrons. The molecule has 2 aliphatic rings. The van der Waals surface area contributed by atoms with Crippen LogP contribution in [0.4, 0.5) is 10.5 Å². The molecular formula is C19H29BrN4O. The van der Waals surface area contributed by atoms with E-state index in [0.29, 0.717) is 5.92 Å². The second-order valence-corrected chi connectivity index (χ2v) is 8.04. The summed E-state index contributed by atoms with van der Waals surface area (Å²) in [6.45, 7) is 6.87. The van der Waals surface area contributed by atoms with Crippen LogP contribution in [0.1, 0.15) is 25.7 Å².